The van der Waals surface area contributed by atoms with Crippen molar-refractivity contribution in [1.29, 1.82) is 0 Å². The van der Waals surface area contributed by atoms with E-state index in [1.807, 2.05) is 34.7 Å². The molecule has 1 aliphatic rings. The summed E-state index contributed by atoms with van der Waals surface area (Å²) in [7, 11) is 1.62. The van der Waals surface area contributed by atoms with Crippen LogP contribution in [0.4, 0.5) is 0 Å². The van der Waals surface area contributed by atoms with Crippen LogP contribution in [0.1, 0.15) is 35.1 Å². The molecule has 1 amide bonds. The normalized spacial score (nSPS) is 17.3. The van der Waals surface area contributed by atoms with Crippen LogP contribution in [-0.2, 0) is 5.41 Å². The zero-order chi connectivity index (χ0) is 15.6. The van der Waals surface area contributed by atoms with Crippen molar-refractivity contribution >= 4 is 17.2 Å². The summed E-state index contributed by atoms with van der Waals surface area (Å²) in [6.07, 6.45) is 3.77. The maximum Gasteiger partial charge on any atom is 0.253 e. The zero-order valence-electron chi connectivity index (χ0n) is 12.9. The fourth-order valence-corrected chi connectivity index (χ4v) is 3.74. The van der Waals surface area contributed by atoms with Crippen molar-refractivity contribution in [3.8, 4) is 5.75 Å². The van der Waals surface area contributed by atoms with Crippen molar-refractivity contribution in [2.75, 3.05) is 20.2 Å². The average molecular weight is 316 g/mol. The van der Waals surface area contributed by atoms with Crippen molar-refractivity contribution in [2.45, 2.75) is 25.2 Å². The molecule has 1 fully saturated rings. The monoisotopic (exact) mass is 316 g/mol. The second-order valence-corrected chi connectivity index (χ2v) is 6.82. The third-order valence-electron chi connectivity index (χ3n) is 4.42. The Morgan fingerprint density at radius 1 is 1.36 bits per heavy atom. The Kier molecular flexibility index (Phi) is 4.16. The number of hydrogen-bond acceptors (Lipinski definition) is 4. The Morgan fingerprint density at radius 3 is 2.77 bits per heavy atom. The van der Waals surface area contributed by atoms with Crippen molar-refractivity contribution in [3.05, 3.63) is 46.4 Å². The van der Waals surface area contributed by atoms with E-state index in [1.165, 1.54) is 5.01 Å². The molecule has 2 heterocycles. The van der Waals surface area contributed by atoms with Gasteiger partial charge in [0.2, 0.25) is 0 Å². The molecular weight excluding hydrogens is 296 g/mol. The Balaban J connectivity index is 1.69. The molecule has 1 saturated heterocycles. The van der Waals surface area contributed by atoms with Crippen LogP contribution in [0.25, 0.3) is 0 Å². The minimum absolute atomic E-state index is 0.0834. The Hall–Kier alpha value is -1.88. The van der Waals surface area contributed by atoms with Gasteiger partial charge < -0.3 is 9.64 Å². The van der Waals surface area contributed by atoms with Gasteiger partial charge in [0, 0.05) is 35.6 Å². The minimum atomic E-state index is 0.0834. The lowest BCUT2D eigenvalue weighted by molar-refractivity contribution is 0.0675. The summed E-state index contributed by atoms with van der Waals surface area (Å²) in [5, 5.41) is 3.20. The van der Waals surface area contributed by atoms with E-state index >= 15 is 0 Å². The maximum atomic E-state index is 12.6. The molecule has 4 nitrogen and oxygen atoms in total. The first kappa shape index (κ1) is 15.0. The summed E-state index contributed by atoms with van der Waals surface area (Å²) in [4.78, 5) is 19.0. The Bertz CT molecular complexity index is 646. The highest BCUT2D eigenvalue weighted by Crippen LogP contribution is 2.36. The molecule has 22 heavy (non-hydrogen) atoms. The Labute approximate surface area is 134 Å². The van der Waals surface area contributed by atoms with E-state index < -0.39 is 0 Å². The second-order valence-electron chi connectivity index (χ2n) is 5.92. The Morgan fingerprint density at radius 2 is 2.14 bits per heavy atom. The lowest BCUT2D eigenvalue weighted by Gasteiger charge is -2.38. The predicted molar refractivity (Wildman–Crippen MR) is 87.6 cm³/mol. The SMILES string of the molecule is COc1cccc(C(=O)N2CCC(C)(c3nccs3)CC2)c1. The summed E-state index contributed by atoms with van der Waals surface area (Å²) in [5.74, 6) is 0.801. The van der Waals surface area contributed by atoms with E-state index in [0.29, 0.717) is 5.56 Å². The largest absolute Gasteiger partial charge is 0.497 e. The number of piperidine rings is 1. The van der Waals surface area contributed by atoms with Gasteiger partial charge in [-0.25, -0.2) is 4.98 Å². The maximum absolute atomic E-state index is 12.6. The highest BCUT2D eigenvalue weighted by atomic mass is 32.1. The third-order valence-corrected chi connectivity index (χ3v) is 5.50. The van der Waals surface area contributed by atoms with Crippen LogP contribution in [0.2, 0.25) is 0 Å². The number of thiazole rings is 1. The molecule has 0 N–H and O–H groups in total. The van der Waals surface area contributed by atoms with Gasteiger partial charge in [0.05, 0.1) is 12.1 Å². The lowest BCUT2D eigenvalue weighted by atomic mass is 9.81. The number of methoxy groups -OCH3 is 1. The number of ether oxygens (including phenoxy) is 1. The van der Waals surface area contributed by atoms with Gasteiger partial charge in [-0.3, -0.25) is 4.79 Å². The van der Waals surface area contributed by atoms with E-state index in [-0.39, 0.29) is 11.3 Å². The smallest absolute Gasteiger partial charge is 0.253 e. The van der Waals surface area contributed by atoms with Crippen molar-refractivity contribution in [2.24, 2.45) is 0 Å². The number of carbonyl (C=O) groups excluding carboxylic acids is 1. The van der Waals surface area contributed by atoms with Crippen LogP contribution in [0, 0.1) is 0 Å². The topological polar surface area (TPSA) is 42.4 Å². The van der Waals surface area contributed by atoms with Gasteiger partial charge >= 0.3 is 0 Å². The van der Waals surface area contributed by atoms with E-state index in [2.05, 4.69) is 11.9 Å². The van der Waals surface area contributed by atoms with Crippen LogP contribution in [0.15, 0.2) is 35.8 Å². The van der Waals surface area contributed by atoms with Crippen molar-refractivity contribution in [1.82, 2.24) is 9.88 Å². The van der Waals surface area contributed by atoms with Gasteiger partial charge in [0.25, 0.3) is 5.91 Å². The van der Waals surface area contributed by atoms with Crippen LogP contribution in [0.5, 0.6) is 5.75 Å². The highest BCUT2D eigenvalue weighted by Gasteiger charge is 2.35. The molecule has 3 rings (SSSR count). The van der Waals surface area contributed by atoms with Crippen molar-refractivity contribution in [3.63, 3.8) is 0 Å². The summed E-state index contributed by atoms with van der Waals surface area (Å²) >= 11 is 1.71. The van der Waals surface area contributed by atoms with Gasteiger partial charge in [0.15, 0.2) is 0 Å². The minimum Gasteiger partial charge on any atom is -0.497 e. The number of hydrogen-bond donors (Lipinski definition) is 0. The molecule has 0 bridgehead atoms. The second kappa shape index (κ2) is 6.08. The number of rotatable bonds is 3. The number of nitrogens with zero attached hydrogens (tertiary/aromatic N) is 2. The average Bonchev–Trinajstić information content (AvgIpc) is 3.10. The van der Waals surface area contributed by atoms with Crippen molar-refractivity contribution < 1.29 is 9.53 Å². The predicted octanol–water partition coefficient (Wildman–Crippen LogP) is 3.35. The standard InChI is InChI=1S/C17H20N2O2S/c1-17(16-18-8-11-22-16)6-9-19(10-7-17)15(20)13-4-3-5-14(12-13)21-2/h3-5,8,11-12H,6-7,9-10H2,1-2H3. The third kappa shape index (κ3) is 2.86. The fourth-order valence-electron chi connectivity index (χ4n) is 2.88. The van der Waals surface area contributed by atoms with Gasteiger partial charge in [-0.05, 0) is 31.0 Å². The number of amides is 1. The van der Waals surface area contributed by atoms with Crippen LogP contribution < -0.4 is 4.74 Å². The molecule has 2 aromatic rings. The number of benzene rings is 1. The number of likely N-dealkylation sites (tertiary alicyclic amines) is 1. The molecule has 1 aromatic heterocycles. The van der Waals surface area contributed by atoms with E-state index in [4.69, 9.17) is 4.74 Å². The summed E-state index contributed by atoms with van der Waals surface area (Å²) in [6.45, 7) is 3.79. The van der Waals surface area contributed by atoms with Gasteiger partial charge in [-0.2, -0.15) is 0 Å². The summed E-state index contributed by atoms with van der Waals surface area (Å²) in [5.41, 5.74) is 0.788. The molecule has 0 saturated carbocycles. The zero-order valence-corrected chi connectivity index (χ0v) is 13.7. The molecule has 0 radical (unpaired) electrons. The molecule has 1 aliphatic heterocycles. The fraction of sp³-hybridized carbons (Fsp3) is 0.412. The van der Waals surface area contributed by atoms with E-state index in [0.717, 1.165) is 31.7 Å². The van der Waals surface area contributed by atoms with Crippen LogP contribution in [-0.4, -0.2) is 36.0 Å². The quantitative estimate of drug-likeness (QED) is 0.872. The number of carbonyl (C=O) groups is 1. The lowest BCUT2D eigenvalue weighted by Crippen LogP contribution is -2.43. The van der Waals surface area contributed by atoms with E-state index in [1.54, 1.807) is 24.5 Å². The van der Waals surface area contributed by atoms with Gasteiger partial charge in [-0.1, -0.05) is 13.0 Å². The molecule has 0 atom stereocenters. The van der Waals surface area contributed by atoms with Crippen LogP contribution >= 0.6 is 11.3 Å². The van der Waals surface area contributed by atoms with E-state index in [9.17, 15) is 4.79 Å². The van der Waals surface area contributed by atoms with Gasteiger partial charge in [-0.15, -0.1) is 11.3 Å². The highest BCUT2D eigenvalue weighted by molar-refractivity contribution is 7.09. The molecule has 5 heteroatoms. The molecule has 0 spiro atoms. The van der Waals surface area contributed by atoms with Gasteiger partial charge in [0.1, 0.15) is 5.75 Å². The molecule has 0 aliphatic carbocycles. The first-order valence-corrected chi connectivity index (χ1v) is 8.34. The molecule has 0 unspecified atom stereocenters. The molecule has 1 aromatic carbocycles. The summed E-state index contributed by atoms with van der Waals surface area (Å²) < 4.78 is 5.20. The number of aromatic nitrogens is 1. The first-order chi connectivity index (χ1) is 10.6. The first-order valence-electron chi connectivity index (χ1n) is 7.46. The summed E-state index contributed by atoms with van der Waals surface area (Å²) in [6, 6.07) is 7.36. The van der Waals surface area contributed by atoms with Crippen LogP contribution in [0.3, 0.4) is 0 Å². The molecular formula is C17H20N2O2S. The molecule has 116 valence electrons.